The Kier molecular flexibility index (Phi) is 5.01. The highest BCUT2D eigenvalue weighted by molar-refractivity contribution is 5.93. The average molecular weight is 209 g/mol. The van der Waals surface area contributed by atoms with Crippen LogP contribution in [0.2, 0.25) is 0 Å². The van der Waals surface area contributed by atoms with Gasteiger partial charge in [-0.3, -0.25) is 9.48 Å². The monoisotopic (exact) mass is 209 g/mol. The minimum atomic E-state index is 0.0646. The quantitative estimate of drug-likeness (QED) is 0.512. The van der Waals surface area contributed by atoms with Crippen molar-refractivity contribution in [2.24, 2.45) is 0 Å². The van der Waals surface area contributed by atoms with Gasteiger partial charge in [0.05, 0.1) is 6.20 Å². The topological polar surface area (TPSA) is 47.8 Å². The normalized spacial score (nSPS) is 10.5. The molecule has 1 aromatic rings. The Hall–Kier alpha value is -1.19. The number of ketones is 1. The van der Waals surface area contributed by atoms with E-state index in [0.717, 1.165) is 13.0 Å². The molecule has 0 spiro atoms. The number of carbonyl (C=O) groups is 1. The van der Waals surface area contributed by atoms with Crippen molar-refractivity contribution in [3.05, 3.63) is 11.9 Å². The van der Waals surface area contributed by atoms with Gasteiger partial charge in [-0.05, 0) is 6.42 Å². The van der Waals surface area contributed by atoms with Crippen molar-refractivity contribution < 1.29 is 4.79 Å². The fourth-order valence-corrected chi connectivity index (χ4v) is 1.42. The molecule has 0 aliphatic carbocycles. The summed E-state index contributed by atoms with van der Waals surface area (Å²) >= 11 is 0. The van der Waals surface area contributed by atoms with E-state index >= 15 is 0 Å². The second kappa shape index (κ2) is 6.32. The lowest BCUT2D eigenvalue weighted by Crippen LogP contribution is -1.99. The molecule has 0 saturated carbocycles. The van der Waals surface area contributed by atoms with Crippen molar-refractivity contribution in [3.8, 4) is 0 Å². The molecule has 0 aliphatic rings. The van der Waals surface area contributed by atoms with Crippen LogP contribution in [0, 0.1) is 0 Å². The second-order valence-corrected chi connectivity index (χ2v) is 3.70. The molecule has 84 valence electrons. The number of unbranched alkanes of at least 4 members (excludes halogenated alkanes) is 3. The standard InChI is InChI=1S/C11H19N3O/c1-3-5-6-7-8-14-9-10(12-13-14)11(15)4-2/h9H,3-8H2,1-2H3. The summed E-state index contributed by atoms with van der Waals surface area (Å²) in [5.41, 5.74) is 0.494. The molecule has 0 atom stereocenters. The first kappa shape index (κ1) is 11.9. The van der Waals surface area contributed by atoms with Crippen LogP contribution >= 0.6 is 0 Å². The first-order chi connectivity index (χ1) is 7.27. The van der Waals surface area contributed by atoms with E-state index in [1.54, 1.807) is 10.9 Å². The number of carbonyl (C=O) groups excluding carboxylic acids is 1. The number of Topliss-reactive ketones (excluding diaryl/α,β-unsaturated/α-hetero) is 1. The van der Waals surface area contributed by atoms with Crippen molar-refractivity contribution >= 4 is 5.78 Å². The van der Waals surface area contributed by atoms with Crippen molar-refractivity contribution in [1.82, 2.24) is 15.0 Å². The summed E-state index contributed by atoms with van der Waals surface area (Å²) in [7, 11) is 0. The zero-order chi connectivity index (χ0) is 11.1. The van der Waals surface area contributed by atoms with Crippen LogP contribution in [0.4, 0.5) is 0 Å². The van der Waals surface area contributed by atoms with Crippen LogP contribution < -0.4 is 0 Å². The SMILES string of the molecule is CCCCCCn1cc(C(=O)CC)nn1. The Morgan fingerprint density at radius 2 is 2.13 bits per heavy atom. The molecule has 0 fully saturated rings. The summed E-state index contributed by atoms with van der Waals surface area (Å²) < 4.78 is 1.76. The van der Waals surface area contributed by atoms with Gasteiger partial charge in [-0.25, -0.2) is 0 Å². The van der Waals surface area contributed by atoms with Crippen LogP contribution in [-0.2, 0) is 6.54 Å². The predicted octanol–water partition coefficient (Wildman–Crippen LogP) is 2.45. The maximum absolute atomic E-state index is 11.3. The molecule has 15 heavy (non-hydrogen) atoms. The summed E-state index contributed by atoms with van der Waals surface area (Å²) in [6.45, 7) is 4.89. The molecule has 0 radical (unpaired) electrons. The highest BCUT2D eigenvalue weighted by Crippen LogP contribution is 2.03. The van der Waals surface area contributed by atoms with Gasteiger partial charge in [-0.2, -0.15) is 0 Å². The van der Waals surface area contributed by atoms with Gasteiger partial charge in [-0.15, -0.1) is 5.10 Å². The molecular formula is C11H19N3O. The van der Waals surface area contributed by atoms with E-state index in [1.165, 1.54) is 19.3 Å². The van der Waals surface area contributed by atoms with Crippen molar-refractivity contribution in [2.45, 2.75) is 52.5 Å². The first-order valence-electron chi connectivity index (χ1n) is 5.71. The van der Waals surface area contributed by atoms with Gasteiger partial charge in [0.1, 0.15) is 5.69 Å². The van der Waals surface area contributed by atoms with E-state index in [1.807, 2.05) is 6.92 Å². The molecule has 0 bridgehead atoms. The lowest BCUT2D eigenvalue weighted by atomic mass is 10.2. The number of aryl methyl sites for hydroxylation is 1. The van der Waals surface area contributed by atoms with Crippen molar-refractivity contribution in [2.75, 3.05) is 0 Å². The molecule has 0 N–H and O–H groups in total. The van der Waals surface area contributed by atoms with Crippen LogP contribution in [0.15, 0.2) is 6.20 Å². The van der Waals surface area contributed by atoms with E-state index in [-0.39, 0.29) is 5.78 Å². The highest BCUT2D eigenvalue weighted by Gasteiger charge is 2.07. The summed E-state index contributed by atoms with van der Waals surface area (Å²) in [4.78, 5) is 11.3. The largest absolute Gasteiger partial charge is 0.292 e. The van der Waals surface area contributed by atoms with Gasteiger partial charge in [0.25, 0.3) is 0 Å². The molecule has 4 heteroatoms. The fraction of sp³-hybridized carbons (Fsp3) is 0.727. The van der Waals surface area contributed by atoms with Crippen LogP contribution in [0.25, 0.3) is 0 Å². The first-order valence-corrected chi connectivity index (χ1v) is 5.71. The van der Waals surface area contributed by atoms with E-state index in [9.17, 15) is 4.79 Å². The second-order valence-electron chi connectivity index (χ2n) is 3.70. The van der Waals surface area contributed by atoms with Crippen LogP contribution in [0.3, 0.4) is 0 Å². The number of nitrogens with zero attached hydrogens (tertiary/aromatic N) is 3. The van der Waals surface area contributed by atoms with Crippen molar-refractivity contribution in [3.63, 3.8) is 0 Å². The molecule has 0 aliphatic heterocycles. The van der Waals surface area contributed by atoms with E-state index < -0.39 is 0 Å². The van der Waals surface area contributed by atoms with Crippen LogP contribution in [0.5, 0.6) is 0 Å². The maximum atomic E-state index is 11.3. The van der Waals surface area contributed by atoms with Gasteiger partial charge >= 0.3 is 0 Å². The molecule has 4 nitrogen and oxygen atoms in total. The number of rotatable bonds is 7. The van der Waals surface area contributed by atoms with Gasteiger partial charge in [-0.1, -0.05) is 38.3 Å². The number of hydrogen-bond acceptors (Lipinski definition) is 3. The Bertz CT molecular complexity index is 307. The van der Waals surface area contributed by atoms with Crippen molar-refractivity contribution in [1.29, 1.82) is 0 Å². The van der Waals surface area contributed by atoms with E-state index in [0.29, 0.717) is 12.1 Å². The summed E-state index contributed by atoms with van der Waals surface area (Å²) in [6, 6.07) is 0. The van der Waals surface area contributed by atoms with Crippen LogP contribution in [0.1, 0.15) is 56.4 Å². The minimum absolute atomic E-state index is 0.0646. The van der Waals surface area contributed by atoms with Gasteiger partial charge in [0, 0.05) is 13.0 Å². The zero-order valence-corrected chi connectivity index (χ0v) is 9.57. The van der Waals surface area contributed by atoms with Crippen LogP contribution in [-0.4, -0.2) is 20.8 Å². The molecule has 0 aromatic carbocycles. The molecule has 0 unspecified atom stereocenters. The minimum Gasteiger partial charge on any atom is -0.292 e. The Morgan fingerprint density at radius 1 is 1.33 bits per heavy atom. The molecule has 1 rings (SSSR count). The predicted molar refractivity (Wildman–Crippen MR) is 58.8 cm³/mol. The highest BCUT2D eigenvalue weighted by atomic mass is 16.1. The number of hydrogen-bond donors (Lipinski definition) is 0. The zero-order valence-electron chi connectivity index (χ0n) is 9.57. The Labute approximate surface area is 90.7 Å². The maximum Gasteiger partial charge on any atom is 0.184 e. The van der Waals surface area contributed by atoms with Gasteiger partial charge < -0.3 is 0 Å². The fourth-order valence-electron chi connectivity index (χ4n) is 1.42. The lowest BCUT2D eigenvalue weighted by Gasteiger charge is -1.98. The average Bonchev–Trinajstić information content (AvgIpc) is 2.72. The smallest absolute Gasteiger partial charge is 0.184 e. The molecular weight excluding hydrogens is 190 g/mol. The summed E-state index contributed by atoms with van der Waals surface area (Å²) in [5, 5.41) is 7.78. The third-order valence-corrected chi connectivity index (χ3v) is 2.39. The Balaban J connectivity index is 2.36. The molecule has 0 amide bonds. The molecule has 0 saturated heterocycles. The Morgan fingerprint density at radius 3 is 2.80 bits per heavy atom. The van der Waals surface area contributed by atoms with E-state index in [4.69, 9.17) is 0 Å². The molecule has 1 heterocycles. The van der Waals surface area contributed by atoms with Gasteiger partial charge in [0.2, 0.25) is 0 Å². The van der Waals surface area contributed by atoms with Gasteiger partial charge in [0.15, 0.2) is 5.78 Å². The summed E-state index contributed by atoms with van der Waals surface area (Å²) in [5.74, 6) is 0.0646. The third-order valence-electron chi connectivity index (χ3n) is 2.39. The molecule has 1 aromatic heterocycles. The third kappa shape index (κ3) is 3.81. The number of aromatic nitrogens is 3. The van der Waals surface area contributed by atoms with E-state index in [2.05, 4.69) is 17.2 Å². The summed E-state index contributed by atoms with van der Waals surface area (Å²) in [6.07, 6.45) is 7.06. The lowest BCUT2D eigenvalue weighted by molar-refractivity contribution is 0.0983.